The van der Waals surface area contributed by atoms with Crippen molar-refractivity contribution in [3.8, 4) is 0 Å². The van der Waals surface area contributed by atoms with E-state index < -0.39 is 48.0 Å². The van der Waals surface area contributed by atoms with E-state index >= 15 is 0 Å². The van der Waals surface area contributed by atoms with Crippen LogP contribution in [0.1, 0.15) is 67.7 Å². The molecule has 0 aliphatic carbocycles. The summed E-state index contributed by atoms with van der Waals surface area (Å²) in [4.78, 5) is 59.7. The second-order valence-corrected chi connectivity index (χ2v) is 8.59. The predicted molar refractivity (Wildman–Crippen MR) is 116 cm³/mol. The normalized spacial score (nSPS) is 12.7. The van der Waals surface area contributed by atoms with Crippen LogP contribution in [0.3, 0.4) is 0 Å². The van der Waals surface area contributed by atoms with Gasteiger partial charge in [-0.25, -0.2) is 15.0 Å². The van der Waals surface area contributed by atoms with Gasteiger partial charge in [0.05, 0.1) is 5.56 Å². The van der Waals surface area contributed by atoms with Crippen molar-refractivity contribution in [3.05, 3.63) is 35.4 Å². The lowest BCUT2D eigenvalue weighted by molar-refractivity contribution is -0.177. The Morgan fingerprint density at radius 2 is 1.39 bits per heavy atom. The molecule has 0 saturated carbocycles. The van der Waals surface area contributed by atoms with Gasteiger partial charge in [-0.3, -0.25) is 19.6 Å². The number of carboxylic acid groups (broad SMARTS) is 2. The summed E-state index contributed by atoms with van der Waals surface area (Å²) in [6.45, 7) is 7.29. The Morgan fingerprint density at radius 3 is 1.85 bits per heavy atom. The van der Waals surface area contributed by atoms with Gasteiger partial charge in [0.25, 0.3) is 11.8 Å². The monoisotopic (exact) mass is 465 g/mol. The van der Waals surface area contributed by atoms with Crippen LogP contribution in [-0.2, 0) is 14.4 Å². The maximum Gasteiger partial charge on any atom is 0.335 e. The van der Waals surface area contributed by atoms with E-state index in [0.29, 0.717) is 0 Å². The van der Waals surface area contributed by atoms with Gasteiger partial charge in [0, 0.05) is 17.9 Å². The number of hydrogen-bond acceptors (Lipinski definition) is 6. The van der Waals surface area contributed by atoms with Crippen LogP contribution in [-0.4, -0.2) is 56.3 Å². The number of carbonyl (C=O) groups excluding carboxylic acids is 3. The first-order valence-electron chi connectivity index (χ1n) is 10.5. The topological polar surface area (TPSA) is 173 Å². The van der Waals surface area contributed by atoms with Gasteiger partial charge >= 0.3 is 11.9 Å². The zero-order valence-corrected chi connectivity index (χ0v) is 19.1. The first-order valence-corrected chi connectivity index (χ1v) is 10.5. The average molecular weight is 466 g/mol. The van der Waals surface area contributed by atoms with Crippen LogP contribution >= 0.6 is 0 Å². The van der Waals surface area contributed by atoms with E-state index in [1.165, 1.54) is 24.3 Å². The molecule has 0 heterocycles. The standard InChI is InChI=1S/C22H31N3O8/c1-12(2)9-16(19(27)23-17(22(31)32)10-13(3)4)11-18(26)25(33)24-20(28)14-5-7-15(8-6-14)21(29)30/h5-8,12-13,16-17,33H,9-11H2,1-4H3,(H,23,27)(H,24,28)(H,29,30)(H,31,32)/t16-,17+/m1/s1. The zero-order chi connectivity index (χ0) is 25.3. The van der Waals surface area contributed by atoms with Gasteiger partial charge in [0.15, 0.2) is 0 Å². The zero-order valence-electron chi connectivity index (χ0n) is 19.1. The van der Waals surface area contributed by atoms with Crippen molar-refractivity contribution in [1.82, 2.24) is 15.9 Å². The molecule has 0 fully saturated rings. The van der Waals surface area contributed by atoms with Gasteiger partial charge in [-0.2, -0.15) is 0 Å². The molecule has 182 valence electrons. The molecule has 0 saturated heterocycles. The highest BCUT2D eigenvalue weighted by Crippen LogP contribution is 2.18. The van der Waals surface area contributed by atoms with Gasteiger partial charge in [0.2, 0.25) is 5.91 Å². The van der Waals surface area contributed by atoms with Crippen LogP contribution < -0.4 is 10.7 Å². The molecule has 0 aliphatic heterocycles. The number of amides is 3. The summed E-state index contributed by atoms with van der Waals surface area (Å²) < 4.78 is 0. The van der Waals surface area contributed by atoms with Crippen LogP contribution in [0, 0.1) is 17.8 Å². The third-order valence-electron chi connectivity index (χ3n) is 4.71. The summed E-state index contributed by atoms with van der Waals surface area (Å²) >= 11 is 0. The Bertz CT molecular complexity index is 867. The molecule has 0 aromatic heterocycles. The summed E-state index contributed by atoms with van der Waals surface area (Å²) in [5.74, 6) is -5.73. The van der Waals surface area contributed by atoms with Crippen molar-refractivity contribution in [2.45, 2.75) is 53.0 Å². The largest absolute Gasteiger partial charge is 0.480 e. The van der Waals surface area contributed by atoms with Crippen LogP contribution in [0.15, 0.2) is 24.3 Å². The van der Waals surface area contributed by atoms with Gasteiger partial charge in [-0.1, -0.05) is 27.7 Å². The van der Waals surface area contributed by atoms with E-state index in [0.717, 1.165) is 0 Å². The van der Waals surface area contributed by atoms with Gasteiger partial charge in [-0.15, -0.1) is 5.17 Å². The number of aromatic carboxylic acids is 1. The summed E-state index contributed by atoms with van der Waals surface area (Å²) in [5, 5.41) is 30.6. The van der Waals surface area contributed by atoms with Crippen molar-refractivity contribution < 1.29 is 39.4 Å². The van der Waals surface area contributed by atoms with Crippen molar-refractivity contribution in [2.24, 2.45) is 17.8 Å². The molecule has 0 unspecified atom stereocenters. The average Bonchev–Trinajstić information content (AvgIpc) is 2.71. The number of aliphatic carboxylic acids is 1. The molecule has 3 amide bonds. The fourth-order valence-electron chi connectivity index (χ4n) is 3.12. The van der Waals surface area contributed by atoms with Crippen molar-refractivity contribution in [3.63, 3.8) is 0 Å². The highest BCUT2D eigenvalue weighted by molar-refractivity contribution is 5.97. The Morgan fingerprint density at radius 1 is 0.879 bits per heavy atom. The molecule has 11 heteroatoms. The SMILES string of the molecule is CC(C)C[C@H](CC(=O)N(O)NC(=O)c1ccc(C(=O)O)cc1)C(=O)N[C@@H](CC(C)C)C(=O)O. The number of hydroxylamine groups is 1. The number of hydrazine groups is 1. The smallest absolute Gasteiger partial charge is 0.335 e. The molecular weight excluding hydrogens is 434 g/mol. The molecule has 0 aliphatic rings. The Kier molecular flexibility index (Phi) is 10.5. The van der Waals surface area contributed by atoms with Crippen LogP contribution in [0.4, 0.5) is 0 Å². The number of nitrogens with one attached hydrogen (secondary N) is 2. The molecule has 1 rings (SSSR count). The first-order chi connectivity index (χ1) is 15.3. The van der Waals surface area contributed by atoms with E-state index in [1.54, 1.807) is 0 Å². The van der Waals surface area contributed by atoms with Crippen LogP contribution in [0.25, 0.3) is 0 Å². The minimum absolute atomic E-state index is 0.00121. The predicted octanol–water partition coefficient (Wildman–Crippen LogP) is 1.92. The lowest BCUT2D eigenvalue weighted by Crippen LogP contribution is -2.48. The molecular formula is C22H31N3O8. The third kappa shape index (κ3) is 9.27. The quantitative estimate of drug-likeness (QED) is 0.243. The van der Waals surface area contributed by atoms with Gasteiger partial charge in [0.1, 0.15) is 6.04 Å². The van der Waals surface area contributed by atoms with E-state index in [-0.39, 0.29) is 41.0 Å². The van der Waals surface area contributed by atoms with Crippen LogP contribution in [0.5, 0.6) is 0 Å². The molecule has 2 atom stereocenters. The second-order valence-electron chi connectivity index (χ2n) is 8.59. The molecule has 11 nitrogen and oxygen atoms in total. The molecule has 0 bridgehead atoms. The van der Waals surface area contributed by atoms with Gasteiger partial charge < -0.3 is 15.5 Å². The Balaban J connectivity index is 2.83. The molecule has 0 radical (unpaired) electrons. The summed E-state index contributed by atoms with van der Waals surface area (Å²) in [6.07, 6.45) is 0.00304. The second kappa shape index (κ2) is 12.5. The fraction of sp³-hybridized carbons (Fsp3) is 0.500. The molecule has 1 aromatic carbocycles. The summed E-state index contributed by atoms with van der Waals surface area (Å²) in [6, 6.07) is 3.71. The number of carbonyl (C=O) groups is 5. The van der Waals surface area contributed by atoms with Crippen molar-refractivity contribution in [1.29, 1.82) is 0 Å². The fourth-order valence-corrected chi connectivity index (χ4v) is 3.12. The molecule has 1 aromatic rings. The minimum Gasteiger partial charge on any atom is -0.480 e. The van der Waals surface area contributed by atoms with E-state index in [2.05, 4.69) is 5.32 Å². The Hall–Kier alpha value is -3.47. The number of rotatable bonds is 11. The molecule has 0 spiro atoms. The summed E-state index contributed by atoms with van der Waals surface area (Å²) in [5.41, 5.74) is 1.92. The number of carboxylic acids is 2. The van der Waals surface area contributed by atoms with Gasteiger partial charge in [-0.05, 0) is 48.9 Å². The Labute approximate surface area is 191 Å². The van der Waals surface area contributed by atoms with E-state index in [9.17, 15) is 34.3 Å². The summed E-state index contributed by atoms with van der Waals surface area (Å²) in [7, 11) is 0. The van der Waals surface area contributed by atoms with Crippen molar-refractivity contribution in [2.75, 3.05) is 0 Å². The minimum atomic E-state index is -1.18. The van der Waals surface area contributed by atoms with E-state index in [1.807, 2.05) is 33.1 Å². The number of hydrogen-bond donors (Lipinski definition) is 5. The third-order valence-corrected chi connectivity index (χ3v) is 4.71. The number of benzene rings is 1. The highest BCUT2D eigenvalue weighted by Gasteiger charge is 2.30. The number of nitrogens with zero attached hydrogens (tertiary/aromatic N) is 1. The lowest BCUT2D eigenvalue weighted by atomic mass is 9.92. The highest BCUT2D eigenvalue weighted by atomic mass is 16.6. The van der Waals surface area contributed by atoms with E-state index in [4.69, 9.17) is 5.11 Å². The maximum absolute atomic E-state index is 12.7. The van der Waals surface area contributed by atoms with Crippen molar-refractivity contribution >= 4 is 29.7 Å². The lowest BCUT2D eigenvalue weighted by Gasteiger charge is -2.24. The maximum atomic E-state index is 12.7. The first kappa shape index (κ1) is 27.6. The molecule has 33 heavy (non-hydrogen) atoms. The molecule has 5 N–H and O–H groups in total. The van der Waals surface area contributed by atoms with Crippen LogP contribution in [0.2, 0.25) is 0 Å².